The van der Waals surface area contributed by atoms with Crippen LogP contribution in [-0.4, -0.2) is 24.8 Å². The van der Waals surface area contributed by atoms with Crippen molar-refractivity contribution in [2.75, 3.05) is 13.2 Å². The van der Waals surface area contributed by atoms with Gasteiger partial charge in [-0.05, 0) is 18.2 Å². The minimum atomic E-state index is -0.750. The maximum Gasteiger partial charge on any atom is 0.177 e. The number of carbonyl (C=O) groups excluding carboxylic acids is 2. The Morgan fingerprint density at radius 2 is 2.12 bits per heavy atom. The molecule has 0 saturated carbocycles. The quantitative estimate of drug-likeness (QED) is 0.614. The Labute approximate surface area is 109 Å². The van der Waals surface area contributed by atoms with Crippen molar-refractivity contribution in [3.05, 3.63) is 33.8 Å². The molecule has 5 heteroatoms. The highest BCUT2D eigenvalue weighted by atomic mass is 35.5. The van der Waals surface area contributed by atoms with Gasteiger partial charge >= 0.3 is 0 Å². The summed E-state index contributed by atoms with van der Waals surface area (Å²) in [6, 6.07) is 4.62. The third kappa shape index (κ3) is 2.68. The summed E-state index contributed by atoms with van der Waals surface area (Å²) in [5.74, 6) is -1.17. The molecule has 0 amide bonds. The first kappa shape index (κ1) is 12.6. The first-order valence-electron chi connectivity index (χ1n) is 5.19. The fraction of sp³-hybridized carbons (Fsp3) is 0.333. The summed E-state index contributed by atoms with van der Waals surface area (Å²) in [7, 11) is 0. The molecule has 1 fully saturated rings. The first-order chi connectivity index (χ1) is 8.09. The maximum absolute atomic E-state index is 12.1. The molecule has 2 rings (SSSR count). The van der Waals surface area contributed by atoms with Crippen LogP contribution in [-0.2, 0) is 9.53 Å². The van der Waals surface area contributed by atoms with Crippen molar-refractivity contribution < 1.29 is 14.3 Å². The van der Waals surface area contributed by atoms with Crippen LogP contribution in [0.25, 0.3) is 0 Å². The predicted octanol–water partition coefficient (Wildman–Crippen LogP) is 2.78. The Balaban J connectivity index is 2.29. The molecule has 1 atom stereocenters. The average molecular weight is 273 g/mol. The second-order valence-electron chi connectivity index (χ2n) is 3.83. The molecule has 0 aliphatic carbocycles. The number of Topliss-reactive ketones (excluding diaryl/α,β-unsaturated/α-hetero) is 2. The summed E-state index contributed by atoms with van der Waals surface area (Å²) in [6.07, 6.45) is 0.272. The molecule has 0 N–H and O–H groups in total. The topological polar surface area (TPSA) is 43.4 Å². The number of benzene rings is 1. The molecule has 0 radical (unpaired) electrons. The van der Waals surface area contributed by atoms with Crippen molar-refractivity contribution in [2.45, 2.75) is 6.42 Å². The van der Waals surface area contributed by atoms with Crippen LogP contribution in [0, 0.1) is 5.92 Å². The lowest BCUT2D eigenvalue weighted by molar-refractivity contribution is -0.128. The van der Waals surface area contributed by atoms with Crippen LogP contribution >= 0.6 is 23.2 Å². The van der Waals surface area contributed by atoms with E-state index in [2.05, 4.69) is 0 Å². The fourth-order valence-corrected chi connectivity index (χ4v) is 2.12. The Morgan fingerprint density at radius 3 is 2.82 bits per heavy atom. The predicted molar refractivity (Wildman–Crippen MR) is 64.7 cm³/mol. The molecule has 1 aliphatic heterocycles. The van der Waals surface area contributed by atoms with E-state index in [1.54, 1.807) is 12.1 Å². The van der Waals surface area contributed by atoms with Gasteiger partial charge in [0, 0.05) is 17.0 Å². The zero-order valence-electron chi connectivity index (χ0n) is 8.91. The van der Waals surface area contributed by atoms with Gasteiger partial charge in [-0.1, -0.05) is 23.2 Å². The van der Waals surface area contributed by atoms with Gasteiger partial charge in [-0.25, -0.2) is 0 Å². The van der Waals surface area contributed by atoms with E-state index in [9.17, 15) is 9.59 Å². The standard InChI is InChI=1S/C12H10Cl2O3/c13-7-1-2-10(14)8(5-7)12(16)9-6-17-4-3-11(9)15/h1-2,5,9H,3-4,6H2. The number of ether oxygens (including phenoxy) is 1. The molecule has 1 aromatic rings. The molecule has 17 heavy (non-hydrogen) atoms. The van der Waals surface area contributed by atoms with E-state index in [0.717, 1.165) is 0 Å². The second-order valence-corrected chi connectivity index (χ2v) is 4.68. The summed E-state index contributed by atoms with van der Waals surface area (Å²) in [6.45, 7) is 0.506. The molecule has 0 spiro atoms. The molecule has 3 nitrogen and oxygen atoms in total. The molecule has 1 heterocycles. The zero-order valence-corrected chi connectivity index (χ0v) is 10.4. The SMILES string of the molecule is O=C1CCOCC1C(=O)c1cc(Cl)ccc1Cl. The van der Waals surface area contributed by atoms with Gasteiger partial charge in [-0.15, -0.1) is 0 Å². The summed E-state index contributed by atoms with van der Waals surface area (Å²) in [5.41, 5.74) is 0.281. The van der Waals surface area contributed by atoms with Crippen molar-refractivity contribution >= 4 is 34.8 Å². The molecule has 90 valence electrons. The highest BCUT2D eigenvalue weighted by Crippen LogP contribution is 2.25. The van der Waals surface area contributed by atoms with E-state index in [4.69, 9.17) is 27.9 Å². The average Bonchev–Trinajstić information content (AvgIpc) is 2.32. The minimum Gasteiger partial charge on any atom is -0.380 e. The van der Waals surface area contributed by atoms with Crippen LogP contribution in [0.3, 0.4) is 0 Å². The highest BCUT2D eigenvalue weighted by Gasteiger charge is 2.31. The zero-order chi connectivity index (χ0) is 12.4. The Hall–Kier alpha value is -0.900. The van der Waals surface area contributed by atoms with Crippen molar-refractivity contribution in [1.29, 1.82) is 0 Å². The molecule has 1 aromatic carbocycles. The van der Waals surface area contributed by atoms with Crippen LogP contribution in [0.15, 0.2) is 18.2 Å². The van der Waals surface area contributed by atoms with E-state index < -0.39 is 5.92 Å². The van der Waals surface area contributed by atoms with Crippen molar-refractivity contribution in [3.8, 4) is 0 Å². The lowest BCUT2D eigenvalue weighted by atomic mass is 9.91. The van der Waals surface area contributed by atoms with Gasteiger partial charge in [-0.3, -0.25) is 9.59 Å². The molecule has 1 aliphatic rings. The molecule has 0 aromatic heterocycles. The van der Waals surface area contributed by atoms with E-state index in [0.29, 0.717) is 16.7 Å². The van der Waals surface area contributed by atoms with Gasteiger partial charge in [0.25, 0.3) is 0 Å². The number of halogens is 2. The summed E-state index contributed by atoms with van der Waals surface area (Å²) < 4.78 is 5.15. The van der Waals surface area contributed by atoms with Gasteiger partial charge in [0.1, 0.15) is 11.7 Å². The van der Waals surface area contributed by atoms with Gasteiger partial charge < -0.3 is 4.74 Å². The normalized spacial score (nSPS) is 20.4. The molecular formula is C12H10Cl2O3. The second kappa shape index (κ2) is 5.17. The highest BCUT2D eigenvalue weighted by molar-refractivity contribution is 6.36. The van der Waals surface area contributed by atoms with Crippen LogP contribution in [0.1, 0.15) is 16.8 Å². The smallest absolute Gasteiger partial charge is 0.177 e. The minimum absolute atomic E-state index is 0.0997. The molecular weight excluding hydrogens is 263 g/mol. The summed E-state index contributed by atoms with van der Waals surface area (Å²) >= 11 is 11.7. The largest absolute Gasteiger partial charge is 0.380 e. The van der Waals surface area contributed by atoms with Crippen LogP contribution in [0.4, 0.5) is 0 Å². The number of ketones is 2. The third-order valence-corrected chi connectivity index (χ3v) is 3.24. The summed E-state index contributed by atoms with van der Waals surface area (Å²) in [5, 5.41) is 0.722. The van der Waals surface area contributed by atoms with Crippen molar-refractivity contribution in [3.63, 3.8) is 0 Å². The van der Waals surface area contributed by atoms with Gasteiger partial charge in [0.2, 0.25) is 0 Å². The Kier molecular flexibility index (Phi) is 3.82. The van der Waals surface area contributed by atoms with Crippen LogP contribution < -0.4 is 0 Å². The number of carbonyl (C=O) groups is 2. The van der Waals surface area contributed by atoms with Crippen LogP contribution in [0.2, 0.25) is 10.0 Å². The number of rotatable bonds is 2. The fourth-order valence-electron chi connectivity index (χ4n) is 1.74. The number of hydrogen-bond donors (Lipinski definition) is 0. The van der Waals surface area contributed by atoms with E-state index >= 15 is 0 Å². The van der Waals surface area contributed by atoms with Gasteiger partial charge in [0.15, 0.2) is 5.78 Å². The Morgan fingerprint density at radius 1 is 1.35 bits per heavy atom. The van der Waals surface area contributed by atoms with Crippen molar-refractivity contribution in [1.82, 2.24) is 0 Å². The maximum atomic E-state index is 12.1. The lowest BCUT2D eigenvalue weighted by Crippen LogP contribution is -2.34. The monoisotopic (exact) mass is 272 g/mol. The molecule has 1 saturated heterocycles. The Bertz CT molecular complexity index is 471. The van der Waals surface area contributed by atoms with Crippen LogP contribution in [0.5, 0.6) is 0 Å². The molecule has 1 unspecified atom stereocenters. The van der Waals surface area contributed by atoms with Gasteiger partial charge in [-0.2, -0.15) is 0 Å². The van der Waals surface area contributed by atoms with Gasteiger partial charge in [0.05, 0.1) is 18.2 Å². The third-order valence-electron chi connectivity index (χ3n) is 2.68. The van der Waals surface area contributed by atoms with E-state index in [1.807, 2.05) is 0 Å². The van der Waals surface area contributed by atoms with Crippen molar-refractivity contribution in [2.24, 2.45) is 5.92 Å². The van der Waals surface area contributed by atoms with E-state index in [-0.39, 0.29) is 30.2 Å². The lowest BCUT2D eigenvalue weighted by Gasteiger charge is -2.20. The van der Waals surface area contributed by atoms with E-state index in [1.165, 1.54) is 6.07 Å². The molecule has 0 bridgehead atoms. The summed E-state index contributed by atoms with van der Waals surface area (Å²) in [4.78, 5) is 23.8. The number of hydrogen-bond acceptors (Lipinski definition) is 3. The first-order valence-corrected chi connectivity index (χ1v) is 5.95.